The second kappa shape index (κ2) is 6.60. The number of oxazole rings is 1. The van der Waals surface area contributed by atoms with Crippen LogP contribution in [-0.4, -0.2) is 38.7 Å². The molecule has 1 fully saturated rings. The Kier molecular flexibility index (Phi) is 4.17. The molecule has 24 heavy (non-hydrogen) atoms. The number of piperidine rings is 1. The number of nitrogens with zero attached hydrogens (tertiary/aromatic N) is 4. The lowest BCUT2D eigenvalue weighted by molar-refractivity contribution is -0.132. The first-order chi connectivity index (χ1) is 11.8. The molecule has 1 saturated heterocycles. The largest absolute Gasteiger partial charge is 0.444 e. The molecule has 0 N–H and O–H groups in total. The van der Waals surface area contributed by atoms with Crippen LogP contribution in [0.4, 0.5) is 0 Å². The molecule has 1 atom stereocenters. The van der Waals surface area contributed by atoms with Gasteiger partial charge in [0.2, 0.25) is 11.8 Å². The maximum absolute atomic E-state index is 12.6. The lowest BCUT2D eigenvalue weighted by atomic mass is 10.1. The van der Waals surface area contributed by atoms with Gasteiger partial charge in [-0.3, -0.25) is 9.48 Å². The summed E-state index contributed by atoms with van der Waals surface area (Å²) in [4.78, 5) is 19.9. The maximum Gasteiger partial charge on any atom is 0.236 e. The molecule has 3 aromatic rings. The number of hydrogen-bond acceptors (Lipinski definition) is 5. The van der Waals surface area contributed by atoms with Crippen molar-refractivity contribution in [3.8, 4) is 10.8 Å². The van der Waals surface area contributed by atoms with E-state index >= 15 is 0 Å². The van der Waals surface area contributed by atoms with Crippen LogP contribution in [0.1, 0.15) is 24.6 Å². The van der Waals surface area contributed by atoms with Crippen LogP contribution in [0.3, 0.4) is 0 Å². The Hall–Kier alpha value is -2.41. The van der Waals surface area contributed by atoms with E-state index in [0.29, 0.717) is 18.1 Å². The van der Waals surface area contributed by atoms with Crippen molar-refractivity contribution in [1.82, 2.24) is 19.7 Å². The molecule has 0 bridgehead atoms. The van der Waals surface area contributed by atoms with Crippen LogP contribution < -0.4 is 0 Å². The summed E-state index contributed by atoms with van der Waals surface area (Å²) < 4.78 is 7.44. The fourth-order valence-electron chi connectivity index (χ4n) is 3.06. The summed E-state index contributed by atoms with van der Waals surface area (Å²) in [5.74, 6) is 0.679. The molecule has 0 radical (unpaired) electrons. The highest BCUT2D eigenvalue weighted by atomic mass is 32.1. The van der Waals surface area contributed by atoms with E-state index in [-0.39, 0.29) is 18.4 Å². The quantitative estimate of drug-likeness (QED) is 0.731. The van der Waals surface area contributed by atoms with Crippen molar-refractivity contribution in [3.05, 3.63) is 47.9 Å². The molecular weight excluding hydrogens is 324 g/mol. The Bertz CT molecular complexity index is 795. The highest BCUT2D eigenvalue weighted by molar-refractivity contribution is 7.13. The number of carbonyl (C=O) groups is 1. The first-order valence-corrected chi connectivity index (χ1v) is 8.93. The molecule has 6 nitrogen and oxygen atoms in total. The van der Waals surface area contributed by atoms with Crippen LogP contribution >= 0.6 is 11.3 Å². The standard InChI is InChI=1S/C17H18N4O2S/c22-16(10-13-12-23-17(19-13)15-5-2-9-24-15)20-7-1-4-14(11-20)21-8-3-6-18-21/h2-3,5-6,8-9,12,14H,1,4,7,10-11H2/t14-/m1/s1. The molecule has 1 aliphatic heterocycles. The van der Waals surface area contributed by atoms with Gasteiger partial charge in [-0.05, 0) is 30.4 Å². The third kappa shape index (κ3) is 3.12. The lowest BCUT2D eigenvalue weighted by Crippen LogP contribution is -2.41. The van der Waals surface area contributed by atoms with E-state index in [9.17, 15) is 4.79 Å². The third-order valence-electron chi connectivity index (χ3n) is 4.26. The van der Waals surface area contributed by atoms with Crippen LogP contribution in [0.25, 0.3) is 10.8 Å². The van der Waals surface area contributed by atoms with E-state index in [1.165, 1.54) is 0 Å². The molecule has 7 heteroatoms. The number of thiophene rings is 1. The van der Waals surface area contributed by atoms with Gasteiger partial charge in [0.25, 0.3) is 0 Å². The third-order valence-corrected chi connectivity index (χ3v) is 5.12. The van der Waals surface area contributed by atoms with Gasteiger partial charge in [-0.1, -0.05) is 6.07 Å². The minimum atomic E-state index is 0.0953. The molecule has 3 aromatic heterocycles. The lowest BCUT2D eigenvalue weighted by Gasteiger charge is -2.32. The van der Waals surface area contributed by atoms with Gasteiger partial charge in [0.15, 0.2) is 0 Å². The van der Waals surface area contributed by atoms with E-state index in [4.69, 9.17) is 4.42 Å². The van der Waals surface area contributed by atoms with Crippen LogP contribution in [0, 0.1) is 0 Å². The predicted octanol–water partition coefficient (Wildman–Crippen LogP) is 3.01. The van der Waals surface area contributed by atoms with Gasteiger partial charge in [0.05, 0.1) is 23.0 Å². The fraction of sp³-hybridized carbons (Fsp3) is 0.353. The highest BCUT2D eigenvalue weighted by Gasteiger charge is 2.25. The first-order valence-electron chi connectivity index (χ1n) is 8.05. The van der Waals surface area contributed by atoms with Crippen LogP contribution in [0.2, 0.25) is 0 Å². The van der Waals surface area contributed by atoms with Gasteiger partial charge in [-0.25, -0.2) is 4.98 Å². The molecule has 0 aromatic carbocycles. The predicted molar refractivity (Wildman–Crippen MR) is 90.6 cm³/mol. The second-order valence-corrected chi connectivity index (χ2v) is 6.87. The van der Waals surface area contributed by atoms with Crippen molar-refractivity contribution in [3.63, 3.8) is 0 Å². The summed E-state index contributed by atoms with van der Waals surface area (Å²) >= 11 is 1.57. The summed E-state index contributed by atoms with van der Waals surface area (Å²) in [6.07, 6.45) is 7.65. The number of rotatable bonds is 4. The fourth-order valence-corrected chi connectivity index (χ4v) is 3.72. The smallest absolute Gasteiger partial charge is 0.236 e. The monoisotopic (exact) mass is 342 g/mol. The molecule has 1 amide bonds. The van der Waals surface area contributed by atoms with E-state index in [2.05, 4.69) is 10.1 Å². The molecule has 124 valence electrons. The molecule has 0 unspecified atom stereocenters. The summed E-state index contributed by atoms with van der Waals surface area (Å²) in [5.41, 5.74) is 0.685. The zero-order valence-corrected chi connectivity index (χ0v) is 14.0. The van der Waals surface area contributed by atoms with Gasteiger partial charge >= 0.3 is 0 Å². The Balaban J connectivity index is 1.41. The van der Waals surface area contributed by atoms with Gasteiger partial charge in [-0.2, -0.15) is 5.10 Å². The van der Waals surface area contributed by atoms with Crippen LogP contribution in [0.5, 0.6) is 0 Å². The zero-order chi connectivity index (χ0) is 16.4. The molecule has 0 saturated carbocycles. The molecule has 0 spiro atoms. The second-order valence-electron chi connectivity index (χ2n) is 5.92. The zero-order valence-electron chi connectivity index (χ0n) is 13.2. The average Bonchev–Trinajstić information content (AvgIpc) is 3.36. The molecule has 4 heterocycles. The van der Waals surface area contributed by atoms with Gasteiger partial charge < -0.3 is 9.32 Å². The minimum Gasteiger partial charge on any atom is -0.444 e. The topological polar surface area (TPSA) is 64.2 Å². The molecule has 1 aliphatic rings. The maximum atomic E-state index is 12.6. The average molecular weight is 342 g/mol. The van der Waals surface area contributed by atoms with Crippen molar-refractivity contribution < 1.29 is 9.21 Å². The van der Waals surface area contributed by atoms with Crippen molar-refractivity contribution in [2.45, 2.75) is 25.3 Å². The summed E-state index contributed by atoms with van der Waals surface area (Å²) in [6, 6.07) is 6.10. The van der Waals surface area contributed by atoms with Crippen molar-refractivity contribution in [2.75, 3.05) is 13.1 Å². The van der Waals surface area contributed by atoms with Crippen molar-refractivity contribution in [2.24, 2.45) is 0 Å². The summed E-state index contributed by atoms with van der Waals surface area (Å²) in [5, 5.41) is 6.28. The SMILES string of the molecule is O=C(Cc1coc(-c2cccs2)n1)N1CCC[C@@H](n2cccn2)C1. The molecule has 4 rings (SSSR count). The number of hydrogen-bond donors (Lipinski definition) is 0. The Morgan fingerprint density at radius 3 is 3.17 bits per heavy atom. The summed E-state index contributed by atoms with van der Waals surface area (Å²) in [6.45, 7) is 1.50. The van der Waals surface area contributed by atoms with Crippen LogP contribution in [-0.2, 0) is 11.2 Å². The van der Waals surface area contributed by atoms with E-state index < -0.39 is 0 Å². The highest BCUT2D eigenvalue weighted by Crippen LogP contribution is 2.25. The van der Waals surface area contributed by atoms with E-state index in [0.717, 1.165) is 24.3 Å². The Morgan fingerprint density at radius 1 is 1.42 bits per heavy atom. The first kappa shape index (κ1) is 15.1. The number of carbonyl (C=O) groups excluding carboxylic acids is 1. The van der Waals surface area contributed by atoms with E-state index in [1.807, 2.05) is 39.4 Å². The minimum absolute atomic E-state index is 0.0953. The van der Waals surface area contributed by atoms with Gasteiger partial charge in [0.1, 0.15) is 6.26 Å². The Morgan fingerprint density at radius 2 is 2.38 bits per heavy atom. The number of likely N-dealkylation sites (tertiary alicyclic amines) is 1. The normalized spacial score (nSPS) is 18.0. The molecule has 0 aliphatic carbocycles. The summed E-state index contributed by atoms with van der Waals surface area (Å²) in [7, 11) is 0. The van der Waals surface area contributed by atoms with Crippen LogP contribution in [0.15, 0.2) is 46.7 Å². The number of amides is 1. The van der Waals surface area contributed by atoms with Crippen molar-refractivity contribution >= 4 is 17.2 Å². The van der Waals surface area contributed by atoms with Gasteiger partial charge in [0, 0.05) is 25.5 Å². The number of aromatic nitrogens is 3. The molecular formula is C17H18N4O2S. The van der Waals surface area contributed by atoms with Gasteiger partial charge in [-0.15, -0.1) is 11.3 Å². The Labute approximate surface area is 143 Å². The van der Waals surface area contributed by atoms with E-state index in [1.54, 1.807) is 23.8 Å². The van der Waals surface area contributed by atoms with Crippen molar-refractivity contribution in [1.29, 1.82) is 0 Å².